The van der Waals surface area contributed by atoms with Gasteiger partial charge in [-0.05, 0) is 26.0 Å². The van der Waals surface area contributed by atoms with E-state index in [1.807, 2.05) is 0 Å². The van der Waals surface area contributed by atoms with Crippen molar-refractivity contribution in [2.75, 3.05) is 13.7 Å². The van der Waals surface area contributed by atoms with E-state index in [4.69, 9.17) is 9.57 Å². The number of benzene rings is 1. The number of nitrogens with zero attached hydrogens (tertiary/aromatic N) is 3. The lowest BCUT2D eigenvalue weighted by Gasteiger charge is -2.22. The summed E-state index contributed by atoms with van der Waals surface area (Å²) in [6, 6.07) is 5.32. The molecule has 0 radical (unpaired) electrons. The van der Waals surface area contributed by atoms with Gasteiger partial charge in [0.1, 0.15) is 21.2 Å². The van der Waals surface area contributed by atoms with Crippen molar-refractivity contribution in [3.05, 3.63) is 61.1 Å². The third kappa shape index (κ3) is 4.21. The summed E-state index contributed by atoms with van der Waals surface area (Å²) in [5, 5.41) is 16.0. The van der Waals surface area contributed by atoms with Gasteiger partial charge in [0.2, 0.25) is 0 Å². The molecule has 31 heavy (non-hydrogen) atoms. The molecule has 13 heteroatoms. The highest BCUT2D eigenvalue weighted by atomic mass is 32.2. The van der Waals surface area contributed by atoms with Crippen molar-refractivity contribution in [1.29, 1.82) is 0 Å². The SMILES string of the molecule is CCOC(=O)C1=C(C)N(NC(=O)OC)/C(=C2/C(=O)ON=C2c2ccc([N+](=O)[O-])cc2)S1. The summed E-state index contributed by atoms with van der Waals surface area (Å²) >= 11 is 0.885. The van der Waals surface area contributed by atoms with Gasteiger partial charge in [-0.25, -0.2) is 24.8 Å². The molecule has 3 rings (SSSR count). The average molecular weight is 448 g/mol. The van der Waals surface area contributed by atoms with Gasteiger partial charge in [0.25, 0.3) is 5.69 Å². The summed E-state index contributed by atoms with van der Waals surface area (Å²) in [5.41, 5.74) is 2.97. The molecule has 1 aromatic rings. The third-order valence-electron chi connectivity index (χ3n) is 4.14. The van der Waals surface area contributed by atoms with E-state index in [0.717, 1.165) is 18.9 Å². The Bertz CT molecular complexity index is 1060. The van der Waals surface area contributed by atoms with Crippen molar-refractivity contribution in [2.24, 2.45) is 5.16 Å². The molecule has 0 spiro atoms. The highest BCUT2D eigenvalue weighted by Gasteiger charge is 2.40. The Morgan fingerprint density at radius 1 is 1.32 bits per heavy atom. The second-order valence-corrected chi connectivity index (χ2v) is 6.98. The minimum Gasteiger partial charge on any atom is -0.462 e. The van der Waals surface area contributed by atoms with E-state index >= 15 is 0 Å². The van der Waals surface area contributed by atoms with E-state index in [9.17, 15) is 24.5 Å². The minimum atomic E-state index is -0.844. The Morgan fingerprint density at radius 3 is 2.58 bits per heavy atom. The summed E-state index contributed by atoms with van der Waals surface area (Å²) in [6.07, 6.45) is -0.844. The van der Waals surface area contributed by atoms with E-state index in [0.29, 0.717) is 11.3 Å². The van der Waals surface area contributed by atoms with Gasteiger partial charge >= 0.3 is 18.0 Å². The fourth-order valence-electron chi connectivity index (χ4n) is 2.69. The van der Waals surface area contributed by atoms with Gasteiger partial charge < -0.3 is 14.3 Å². The van der Waals surface area contributed by atoms with Gasteiger partial charge in [-0.3, -0.25) is 10.1 Å². The third-order valence-corrected chi connectivity index (χ3v) is 5.39. The molecule has 0 aromatic heterocycles. The maximum atomic E-state index is 12.5. The van der Waals surface area contributed by atoms with Crippen LogP contribution in [0.25, 0.3) is 0 Å². The molecule has 0 atom stereocenters. The number of hydrogen-bond donors (Lipinski definition) is 1. The van der Waals surface area contributed by atoms with Crippen molar-refractivity contribution in [3.63, 3.8) is 0 Å². The Balaban J connectivity index is 2.07. The molecule has 0 bridgehead atoms. The first-order chi connectivity index (χ1) is 14.8. The topological polar surface area (TPSA) is 150 Å². The zero-order valence-corrected chi connectivity index (χ0v) is 17.3. The largest absolute Gasteiger partial charge is 0.462 e. The highest BCUT2D eigenvalue weighted by Crippen LogP contribution is 2.44. The molecule has 2 aliphatic rings. The maximum Gasteiger partial charge on any atom is 0.426 e. The number of amides is 1. The Morgan fingerprint density at radius 2 is 2.00 bits per heavy atom. The number of nitrogens with one attached hydrogen (secondary N) is 1. The molecule has 0 saturated heterocycles. The molecule has 1 amide bonds. The first-order valence-corrected chi connectivity index (χ1v) is 9.59. The lowest BCUT2D eigenvalue weighted by molar-refractivity contribution is -0.384. The summed E-state index contributed by atoms with van der Waals surface area (Å²) < 4.78 is 9.66. The van der Waals surface area contributed by atoms with Gasteiger partial charge in [0.15, 0.2) is 0 Å². The molecule has 1 aromatic carbocycles. The molecule has 0 unspecified atom stereocenters. The smallest absolute Gasteiger partial charge is 0.426 e. The normalized spacial score (nSPS) is 18.0. The highest BCUT2D eigenvalue weighted by molar-refractivity contribution is 8.07. The van der Waals surface area contributed by atoms with Crippen LogP contribution < -0.4 is 5.43 Å². The molecule has 0 fully saturated rings. The lowest BCUT2D eigenvalue weighted by atomic mass is 10.0. The van der Waals surface area contributed by atoms with Crippen LogP contribution in [0.1, 0.15) is 19.4 Å². The number of rotatable bonds is 5. The molecule has 1 N–H and O–H groups in total. The maximum absolute atomic E-state index is 12.5. The van der Waals surface area contributed by atoms with Crippen molar-refractivity contribution in [3.8, 4) is 0 Å². The molecule has 162 valence electrons. The lowest BCUT2D eigenvalue weighted by Crippen LogP contribution is -2.39. The van der Waals surface area contributed by atoms with Crippen LogP contribution >= 0.6 is 11.8 Å². The number of hydrazine groups is 1. The first-order valence-electron chi connectivity index (χ1n) is 8.77. The van der Waals surface area contributed by atoms with Crippen molar-refractivity contribution in [1.82, 2.24) is 10.4 Å². The first kappa shape index (κ1) is 21.8. The molecule has 0 saturated carbocycles. The molecule has 12 nitrogen and oxygen atoms in total. The number of ether oxygens (including phenoxy) is 2. The zero-order valence-electron chi connectivity index (χ0n) is 16.5. The van der Waals surface area contributed by atoms with E-state index in [1.54, 1.807) is 13.8 Å². The fourth-order valence-corrected chi connectivity index (χ4v) is 3.82. The minimum absolute atomic E-state index is 0.0473. The number of oxime groups is 1. The summed E-state index contributed by atoms with van der Waals surface area (Å²) in [4.78, 5) is 52.0. The monoisotopic (exact) mass is 448 g/mol. The average Bonchev–Trinajstić information content (AvgIpc) is 3.28. The van der Waals surface area contributed by atoms with E-state index in [-0.39, 0.29) is 33.5 Å². The summed E-state index contributed by atoms with van der Waals surface area (Å²) in [6.45, 7) is 3.32. The van der Waals surface area contributed by atoms with Crippen LogP contribution in [-0.2, 0) is 23.9 Å². The number of carbonyl (C=O) groups is 3. The predicted octanol–water partition coefficient (Wildman–Crippen LogP) is 2.18. The molecule has 2 aliphatic heterocycles. The van der Waals surface area contributed by atoms with Gasteiger partial charge in [-0.1, -0.05) is 16.9 Å². The summed E-state index contributed by atoms with van der Waals surface area (Å²) in [5.74, 6) is -1.47. The van der Waals surface area contributed by atoms with E-state index < -0.39 is 23.0 Å². The standard InChI is InChI=1S/C18H16N4O8S/c1-4-29-17(24)14-9(2)21(19-18(25)28-3)15(31-14)12-13(20-30-16(12)23)10-5-7-11(8-6-10)22(26)27/h5-8H,4H2,1-3H3,(H,19,25)/b15-12-. The fraction of sp³-hybridized carbons (Fsp3) is 0.222. The van der Waals surface area contributed by atoms with Crippen LogP contribution in [0, 0.1) is 10.1 Å². The van der Waals surface area contributed by atoms with Crippen LogP contribution in [-0.4, -0.2) is 47.4 Å². The number of hydrogen-bond acceptors (Lipinski definition) is 11. The number of non-ortho nitro benzene ring substituents is 1. The number of allylic oxidation sites excluding steroid dienone is 1. The van der Waals surface area contributed by atoms with Gasteiger partial charge in [-0.2, -0.15) is 0 Å². The van der Waals surface area contributed by atoms with Crippen molar-refractivity contribution >= 4 is 41.2 Å². The summed E-state index contributed by atoms with van der Waals surface area (Å²) in [7, 11) is 1.16. The number of esters is 1. The van der Waals surface area contributed by atoms with Crippen LogP contribution in [0.5, 0.6) is 0 Å². The van der Waals surface area contributed by atoms with Crippen LogP contribution in [0.2, 0.25) is 0 Å². The van der Waals surface area contributed by atoms with Gasteiger partial charge in [0, 0.05) is 17.7 Å². The molecular formula is C18H16N4O8S. The van der Waals surface area contributed by atoms with Gasteiger partial charge in [0.05, 0.1) is 24.3 Å². The number of nitro benzene ring substituents is 1. The number of thioether (sulfide) groups is 1. The number of carbonyl (C=O) groups excluding carboxylic acids is 3. The van der Waals surface area contributed by atoms with Crippen LogP contribution in [0.15, 0.2) is 50.6 Å². The van der Waals surface area contributed by atoms with E-state index in [1.165, 1.54) is 29.3 Å². The molecule has 0 aliphatic carbocycles. The van der Waals surface area contributed by atoms with Crippen LogP contribution in [0.3, 0.4) is 0 Å². The predicted molar refractivity (Wildman–Crippen MR) is 107 cm³/mol. The van der Waals surface area contributed by atoms with Crippen LogP contribution in [0.4, 0.5) is 10.5 Å². The zero-order chi connectivity index (χ0) is 22.7. The Hall–Kier alpha value is -3.87. The van der Waals surface area contributed by atoms with E-state index in [2.05, 4.69) is 15.3 Å². The molecule has 2 heterocycles. The Kier molecular flexibility index (Phi) is 6.25. The number of nitro groups is 1. The Labute approximate surface area is 179 Å². The van der Waals surface area contributed by atoms with Crippen molar-refractivity contribution in [2.45, 2.75) is 13.8 Å². The second kappa shape index (κ2) is 8.87. The second-order valence-electron chi connectivity index (χ2n) is 5.98. The number of methoxy groups -OCH3 is 1. The molecular weight excluding hydrogens is 432 g/mol. The quantitative estimate of drug-likeness (QED) is 0.233. The van der Waals surface area contributed by atoms with Gasteiger partial charge in [-0.15, -0.1) is 0 Å². The van der Waals surface area contributed by atoms with Crippen molar-refractivity contribution < 1.29 is 33.6 Å².